The van der Waals surface area contributed by atoms with Crippen LogP contribution in [0.2, 0.25) is 0 Å². The van der Waals surface area contributed by atoms with Crippen molar-refractivity contribution in [2.24, 2.45) is 0 Å². The topological polar surface area (TPSA) is 66.9 Å². The average Bonchev–Trinajstić information content (AvgIpc) is 2.70. The van der Waals surface area contributed by atoms with Gasteiger partial charge in [-0.2, -0.15) is 0 Å². The van der Waals surface area contributed by atoms with Crippen molar-refractivity contribution in [1.29, 1.82) is 0 Å². The van der Waals surface area contributed by atoms with Crippen LogP contribution >= 0.6 is 0 Å². The molecule has 0 aliphatic rings. The minimum Gasteiger partial charge on any atom is -0.468 e. The molecule has 0 aliphatic carbocycles. The SMILES string of the molecule is CCc1ccc(C(=O)N(N(CC(=O)OC)C(=O)c2cc(C)cc(C)c2)C(C)(C)C)cc1. The molecule has 0 atom stereocenters. The van der Waals surface area contributed by atoms with Gasteiger partial charge < -0.3 is 4.74 Å². The first-order valence-corrected chi connectivity index (χ1v) is 10.4. The summed E-state index contributed by atoms with van der Waals surface area (Å²) in [5, 5.41) is 2.54. The molecule has 31 heavy (non-hydrogen) atoms. The van der Waals surface area contributed by atoms with Crippen LogP contribution in [0.3, 0.4) is 0 Å². The van der Waals surface area contributed by atoms with Gasteiger partial charge in [-0.3, -0.25) is 14.4 Å². The third-order valence-electron chi connectivity index (χ3n) is 4.89. The van der Waals surface area contributed by atoms with Gasteiger partial charge >= 0.3 is 5.97 Å². The summed E-state index contributed by atoms with van der Waals surface area (Å²) in [6.07, 6.45) is 0.858. The second-order valence-corrected chi connectivity index (χ2v) is 8.65. The normalized spacial score (nSPS) is 11.1. The molecule has 0 saturated carbocycles. The van der Waals surface area contributed by atoms with Gasteiger partial charge in [-0.1, -0.05) is 36.2 Å². The lowest BCUT2D eigenvalue weighted by atomic mass is 10.0. The first kappa shape index (κ1) is 24.1. The molecule has 0 heterocycles. The average molecular weight is 425 g/mol. The molecule has 2 amide bonds. The first-order chi connectivity index (χ1) is 14.5. The Hall–Kier alpha value is -3.15. The number of hydrogen-bond acceptors (Lipinski definition) is 4. The second kappa shape index (κ2) is 9.77. The Morgan fingerprint density at radius 1 is 0.871 bits per heavy atom. The van der Waals surface area contributed by atoms with Crippen molar-refractivity contribution in [3.05, 3.63) is 70.3 Å². The van der Waals surface area contributed by atoms with Crippen molar-refractivity contribution in [3.8, 4) is 0 Å². The number of esters is 1. The van der Waals surface area contributed by atoms with Gasteiger partial charge in [-0.25, -0.2) is 10.0 Å². The quantitative estimate of drug-likeness (QED) is 0.529. The molecule has 166 valence electrons. The van der Waals surface area contributed by atoms with Gasteiger partial charge in [0.05, 0.1) is 12.6 Å². The van der Waals surface area contributed by atoms with Gasteiger partial charge in [-0.15, -0.1) is 0 Å². The monoisotopic (exact) mass is 424 g/mol. The predicted octanol–water partition coefficient (Wildman–Crippen LogP) is 4.34. The van der Waals surface area contributed by atoms with E-state index in [1.165, 1.54) is 17.1 Å². The number of carbonyl (C=O) groups is 3. The van der Waals surface area contributed by atoms with Gasteiger partial charge in [-0.05, 0) is 70.9 Å². The number of carbonyl (C=O) groups excluding carboxylic acids is 3. The summed E-state index contributed by atoms with van der Waals surface area (Å²) in [5.41, 5.74) is 3.02. The lowest BCUT2D eigenvalue weighted by Crippen LogP contribution is -2.59. The summed E-state index contributed by atoms with van der Waals surface area (Å²) in [5.74, 6) is -1.41. The van der Waals surface area contributed by atoms with Crippen LogP contribution in [0.15, 0.2) is 42.5 Å². The van der Waals surface area contributed by atoms with Gasteiger partial charge in [0, 0.05) is 11.1 Å². The Bertz CT molecular complexity index is 938. The zero-order chi connectivity index (χ0) is 23.3. The van der Waals surface area contributed by atoms with Crippen molar-refractivity contribution in [1.82, 2.24) is 10.0 Å². The van der Waals surface area contributed by atoms with Gasteiger partial charge in [0.2, 0.25) is 0 Å². The molecule has 0 N–H and O–H groups in total. The number of rotatable bonds is 5. The van der Waals surface area contributed by atoms with Crippen LogP contribution in [0.5, 0.6) is 0 Å². The van der Waals surface area contributed by atoms with Crippen LogP contribution < -0.4 is 0 Å². The third kappa shape index (κ3) is 5.94. The molecule has 0 spiro atoms. The van der Waals surface area contributed by atoms with E-state index in [1.54, 1.807) is 24.3 Å². The summed E-state index contributed by atoms with van der Waals surface area (Å²) in [4.78, 5) is 39.3. The maximum Gasteiger partial charge on any atom is 0.327 e. The molecule has 6 heteroatoms. The van der Waals surface area contributed by atoms with E-state index in [1.807, 2.05) is 59.7 Å². The summed E-state index contributed by atoms with van der Waals surface area (Å²) in [6, 6.07) is 12.7. The zero-order valence-corrected chi connectivity index (χ0v) is 19.5. The van der Waals surface area contributed by atoms with Crippen LogP contribution in [0.25, 0.3) is 0 Å². The van der Waals surface area contributed by atoms with Gasteiger partial charge in [0.15, 0.2) is 0 Å². The minimum absolute atomic E-state index is 0.364. The Morgan fingerprint density at radius 3 is 1.87 bits per heavy atom. The van der Waals surface area contributed by atoms with Crippen LogP contribution in [-0.4, -0.2) is 47.0 Å². The van der Waals surface area contributed by atoms with E-state index in [9.17, 15) is 14.4 Å². The number of methoxy groups -OCH3 is 1. The maximum absolute atomic E-state index is 13.6. The highest BCUT2D eigenvalue weighted by atomic mass is 16.5. The molecule has 6 nitrogen and oxygen atoms in total. The molecule has 0 unspecified atom stereocenters. The number of hydrogen-bond donors (Lipinski definition) is 0. The lowest BCUT2D eigenvalue weighted by Gasteiger charge is -2.43. The van der Waals surface area contributed by atoms with Crippen molar-refractivity contribution >= 4 is 17.8 Å². The fraction of sp³-hybridized carbons (Fsp3) is 0.400. The van der Waals surface area contributed by atoms with Crippen LogP contribution in [-0.2, 0) is 16.0 Å². The molecule has 0 aromatic heterocycles. The van der Waals surface area contributed by atoms with E-state index >= 15 is 0 Å². The van der Waals surface area contributed by atoms with E-state index in [-0.39, 0.29) is 12.5 Å². The number of nitrogens with zero attached hydrogens (tertiary/aromatic N) is 2. The lowest BCUT2D eigenvalue weighted by molar-refractivity contribution is -0.145. The van der Waals surface area contributed by atoms with E-state index < -0.39 is 17.4 Å². The van der Waals surface area contributed by atoms with E-state index in [0.29, 0.717) is 11.1 Å². The highest BCUT2D eigenvalue weighted by Crippen LogP contribution is 2.23. The Balaban J connectivity index is 2.57. The zero-order valence-electron chi connectivity index (χ0n) is 19.5. The Kier molecular flexibility index (Phi) is 7.60. The van der Waals surface area contributed by atoms with Crippen LogP contribution in [0.4, 0.5) is 0 Å². The highest BCUT2D eigenvalue weighted by molar-refractivity contribution is 6.00. The summed E-state index contributed by atoms with van der Waals surface area (Å²) >= 11 is 0. The van der Waals surface area contributed by atoms with Crippen molar-refractivity contribution in [2.75, 3.05) is 13.7 Å². The number of aryl methyl sites for hydroxylation is 3. The summed E-state index contributed by atoms with van der Waals surface area (Å²) in [7, 11) is 1.26. The van der Waals surface area contributed by atoms with Crippen molar-refractivity contribution in [3.63, 3.8) is 0 Å². The maximum atomic E-state index is 13.6. The third-order valence-corrected chi connectivity index (χ3v) is 4.89. The van der Waals surface area contributed by atoms with Crippen LogP contribution in [0, 0.1) is 13.8 Å². The molecular weight excluding hydrogens is 392 g/mol. The van der Waals surface area contributed by atoms with Crippen LogP contribution in [0.1, 0.15) is 65.1 Å². The van der Waals surface area contributed by atoms with E-state index in [4.69, 9.17) is 4.74 Å². The Morgan fingerprint density at radius 2 is 1.42 bits per heavy atom. The van der Waals surface area contributed by atoms with Gasteiger partial charge in [0.1, 0.15) is 6.54 Å². The molecule has 2 aromatic rings. The Labute approximate surface area is 184 Å². The second-order valence-electron chi connectivity index (χ2n) is 8.65. The van der Waals surface area contributed by atoms with E-state index in [2.05, 4.69) is 0 Å². The summed E-state index contributed by atoms with van der Waals surface area (Å²) in [6.45, 7) is 10.9. The molecule has 2 rings (SSSR count). The number of benzene rings is 2. The minimum atomic E-state index is -0.775. The standard InChI is InChI=1S/C25H32N2O4/c1-8-19-9-11-20(12-10-19)24(30)27(25(4,5)6)26(16-22(28)31-7)23(29)21-14-17(2)13-18(3)15-21/h9-15H,8,16H2,1-7H3. The molecule has 0 saturated heterocycles. The van der Waals surface area contributed by atoms with E-state index in [0.717, 1.165) is 23.1 Å². The number of amides is 2. The molecule has 0 radical (unpaired) electrons. The molecule has 2 aromatic carbocycles. The molecule has 0 aliphatic heterocycles. The largest absolute Gasteiger partial charge is 0.468 e. The number of hydrazine groups is 1. The molecular formula is C25H32N2O4. The smallest absolute Gasteiger partial charge is 0.327 e. The summed E-state index contributed by atoms with van der Waals surface area (Å²) < 4.78 is 4.82. The highest BCUT2D eigenvalue weighted by Gasteiger charge is 2.37. The molecule has 0 fully saturated rings. The first-order valence-electron chi connectivity index (χ1n) is 10.4. The van der Waals surface area contributed by atoms with Crippen molar-refractivity contribution in [2.45, 2.75) is 53.5 Å². The molecule has 0 bridgehead atoms. The fourth-order valence-electron chi connectivity index (χ4n) is 3.45. The number of ether oxygens (including phenoxy) is 1. The van der Waals surface area contributed by atoms with Gasteiger partial charge in [0.25, 0.3) is 11.8 Å². The predicted molar refractivity (Wildman–Crippen MR) is 121 cm³/mol. The fourth-order valence-corrected chi connectivity index (χ4v) is 3.45. The van der Waals surface area contributed by atoms with Crippen molar-refractivity contribution < 1.29 is 19.1 Å².